The van der Waals surface area contributed by atoms with Crippen molar-refractivity contribution in [1.29, 1.82) is 0 Å². The molecule has 1 amide bonds. The number of nitrogens with two attached hydrogens (primary N) is 1. The molecule has 1 heterocycles. The van der Waals surface area contributed by atoms with Crippen molar-refractivity contribution >= 4 is 11.6 Å². The molecular formula is C14H15F3N4O. The summed E-state index contributed by atoms with van der Waals surface area (Å²) in [6, 6.07) is 5.75. The number of amides is 1. The molecule has 0 unspecified atom stereocenters. The molecule has 0 radical (unpaired) electrons. The fourth-order valence-electron chi connectivity index (χ4n) is 1.93. The number of hydrogen-bond donors (Lipinski definition) is 2. The lowest BCUT2D eigenvalue weighted by atomic mass is 10.2. The number of anilines is 1. The highest BCUT2D eigenvalue weighted by molar-refractivity contribution is 5.95. The van der Waals surface area contributed by atoms with Gasteiger partial charge in [-0.3, -0.25) is 4.79 Å². The fourth-order valence-corrected chi connectivity index (χ4v) is 1.93. The standard InChI is InChI=1S/C14H15F3N4O/c1-2-7-19-13(22)11-8-20-21(12(11)14(15,16)17)10-5-3-9(18)4-6-10/h3-6,8H,2,7,18H2,1H3,(H,19,22). The normalized spacial score (nSPS) is 11.5. The van der Waals surface area contributed by atoms with Gasteiger partial charge in [0.25, 0.3) is 5.91 Å². The molecule has 1 aromatic carbocycles. The summed E-state index contributed by atoms with van der Waals surface area (Å²) in [7, 11) is 0. The van der Waals surface area contributed by atoms with Crippen molar-refractivity contribution in [3.63, 3.8) is 0 Å². The van der Waals surface area contributed by atoms with Gasteiger partial charge in [-0.2, -0.15) is 18.3 Å². The molecule has 0 saturated carbocycles. The molecule has 5 nitrogen and oxygen atoms in total. The number of nitrogens with zero attached hydrogens (tertiary/aromatic N) is 2. The Morgan fingerprint density at radius 3 is 2.50 bits per heavy atom. The van der Waals surface area contributed by atoms with Gasteiger partial charge in [0.15, 0.2) is 5.69 Å². The van der Waals surface area contributed by atoms with Gasteiger partial charge in [0.2, 0.25) is 0 Å². The van der Waals surface area contributed by atoms with Crippen LogP contribution in [0.3, 0.4) is 0 Å². The van der Waals surface area contributed by atoms with Crippen LogP contribution in [0.5, 0.6) is 0 Å². The average molecular weight is 312 g/mol. The number of carbonyl (C=O) groups excluding carboxylic acids is 1. The topological polar surface area (TPSA) is 72.9 Å². The zero-order chi connectivity index (χ0) is 16.3. The maximum absolute atomic E-state index is 13.3. The monoisotopic (exact) mass is 312 g/mol. The van der Waals surface area contributed by atoms with Gasteiger partial charge in [0.05, 0.1) is 17.4 Å². The van der Waals surface area contributed by atoms with Crippen LogP contribution >= 0.6 is 0 Å². The Balaban J connectivity index is 2.50. The summed E-state index contributed by atoms with van der Waals surface area (Å²) in [5.74, 6) is -0.795. The van der Waals surface area contributed by atoms with Crippen LogP contribution in [-0.4, -0.2) is 22.2 Å². The first-order valence-corrected chi connectivity index (χ1v) is 6.64. The Hall–Kier alpha value is -2.51. The smallest absolute Gasteiger partial charge is 0.399 e. The van der Waals surface area contributed by atoms with Crippen LogP contribution in [-0.2, 0) is 6.18 Å². The molecule has 1 aromatic heterocycles. The number of nitrogen functional groups attached to an aromatic ring is 1. The van der Waals surface area contributed by atoms with E-state index < -0.39 is 23.3 Å². The predicted octanol–water partition coefficient (Wildman–Crippen LogP) is 2.61. The van der Waals surface area contributed by atoms with Crippen molar-refractivity contribution in [2.75, 3.05) is 12.3 Å². The minimum absolute atomic E-state index is 0.177. The molecule has 118 valence electrons. The zero-order valence-electron chi connectivity index (χ0n) is 11.8. The van der Waals surface area contributed by atoms with Crippen molar-refractivity contribution in [1.82, 2.24) is 15.1 Å². The zero-order valence-corrected chi connectivity index (χ0v) is 11.8. The highest BCUT2D eigenvalue weighted by Gasteiger charge is 2.40. The number of halogens is 3. The van der Waals surface area contributed by atoms with E-state index in [-0.39, 0.29) is 5.69 Å². The van der Waals surface area contributed by atoms with Gasteiger partial charge in [0, 0.05) is 12.2 Å². The third-order valence-corrected chi connectivity index (χ3v) is 2.96. The minimum atomic E-state index is -4.71. The largest absolute Gasteiger partial charge is 0.434 e. The van der Waals surface area contributed by atoms with Gasteiger partial charge < -0.3 is 11.1 Å². The van der Waals surface area contributed by atoms with Crippen LogP contribution in [0.2, 0.25) is 0 Å². The first-order chi connectivity index (χ1) is 10.3. The number of nitrogens with one attached hydrogen (secondary N) is 1. The number of alkyl halides is 3. The predicted molar refractivity (Wildman–Crippen MR) is 75.6 cm³/mol. The Labute approximate surface area is 124 Å². The van der Waals surface area contributed by atoms with Crippen molar-refractivity contribution in [2.24, 2.45) is 0 Å². The molecule has 8 heteroatoms. The number of hydrogen-bond acceptors (Lipinski definition) is 3. The lowest BCUT2D eigenvalue weighted by Crippen LogP contribution is -2.27. The lowest BCUT2D eigenvalue weighted by Gasteiger charge is -2.13. The maximum atomic E-state index is 13.3. The van der Waals surface area contributed by atoms with Gasteiger partial charge in [0.1, 0.15) is 0 Å². The Kier molecular flexibility index (Phi) is 4.39. The van der Waals surface area contributed by atoms with E-state index in [2.05, 4.69) is 10.4 Å². The van der Waals surface area contributed by atoms with Crippen LogP contribution in [0.15, 0.2) is 30.5 Å². The molecule has 0 fully saturated rings. The summed E-state index contributed by atoms with van der Waals surface area (Å²) in [6.07, 6.45) is -3.17. The van der Waals surface area contributed by atoms with Crippen LogP contribution in [0.25, 0.3) is 5.69 Å². The second-order valence-corrected chi connectivity index (χ2v) is 4.66. The molecule has 0 aliphatic heterocycles. The Morgan fingerprint density at radius 1 is 1.32 bits per heavy atom. The third-order valence-electron chi connectivity index (χ3n) is 2.96. The van der Waals surface area contributed by atoms with Crippen molar-refractivity contribution in [3.8, 4) is 5.69 Å². The van der Waals surface area contributed by atoms with Crippen molar-refractivity contribution < 1.29 is 18.0 Å². The van der Waals surface area contributed by atoms with E-state index in [4.69, 9.17) is 5.73 Å². The first kappa shape index (κ1) is 15.9. The van der Waals surface area contributed by atoms with E-state index in [0.717, 1.165) is 6.20 Å². The number of rotatable bonds is 4. The van der Waals surface area contributed by atoms with Crippen LogP contribution in [0, 0.1) is 0 Å². The fraction of sp³-hybridized carbons (Fsp3) is 0.286. The van der Waals surface area contributed by atoms with Gasteiger partial charge in [-0.05, 0) is 30.7 Å². The molecule has 2 rings (SSSR count). The molecule has 0 bridgehead atoms. The summed E-state index contributed by atoms with van der Waals surface area (Å²) < 4.78 is 40.7. The van der Waals surface area contributed by atoms with E-state index >= 15 is 0 Å². The molecule has 2 aromatic rings. The van der Waals surface area contributed by atoms with Gasteiger partial charge >= 0.3 is 6.18 Å². The summed E-state index contributed by atoms with van der Waals surface area (Å²) in [5, 5.41) is 6.13. The first-order valence-electron chi connectivity index (χ1n) is 6.64. The van der Waals surface area contributed by atoms with Crippen LogP contribution in [0.4, 0.5) is 18.9 Å². The summed E-state index contributed by atoms with van der Waals surface area (Å²) in [5.41, 5.74) is 4.51. The average Bonchev–Trinajstić information content (AvgIpc) is 2.90. The molecule has 0 saturated heterocycles. The van der Waals surface area contributed by atoms with Gasteiger partial charge in [-0.15, -0.1) is 0 Å². The second kappa shape index (κ2) is 6.08. The molecule has 0 atom stereocenters. The van der Waals surface area contributed by atoms with E-state index in [9.17, 15) is 18.0 Å². The molecular weight excluding hydrogens is 297 g/mol. The van der Waals surface area contributed by atoms with Crippen molar-refractivity contribution in [3.05, 3.63) is 41.7 Å². The van der Waals surface area contributed by atoms with Crippen LogP contribution in [0.1, 0.15) is 29.4 Å². The summed E-state index contributed by atoms with van der Waals surface area (Å²) in [6.45, 7) is 2.10. The summed E-state index contributed by atoms with van der Waals surface area (Å²) in [4.78, 5) is 11.9. The molecule has 3 N–H and O–H groups in total. The van der Waals surface area contributed by atoms with E-state index in [1.165, 1.54) is 24.3 Å². The minimum Gasteiger partial charge on any atom is -0.399 e. The number of carbonyl (C=O) groups is 1. The molecule has 22 heavy (non-hydrogen) atoms. The highest BCUT2D eigenvalue weighted by atomic mass is 19.4. The Morgan fingerprint density at radius 2 is 1.95 bits per heavy atom. The highest BCUT2D eigenvalue weighted by Crippen LogP contribution is 2.33. The Bertz CT molecular complexity index is 662. The van der Waals surface area contributed by atoms with Gasteiger partial charge in [-0.25, -0.2) is 4.68 Å². The summed E-state index contributed by atoms with van der Waals surface area (Å²) >= 11 is 0. The van der Waals surface area contributed by atoms with E-state index in [1.54, 1.807) is 0 Å². The molecule has 0 aliphatic rings. The van der Waals surface area contributed by atoms with E-state index in [1.807, 2.05) is 6.92 Å². The quantitative estimate of drug-likeness (QED) is 0.852. The molecule has 0 aliphatic carbocycles. The van der Waals surface area contributed by atoms with E-state index in [0.29, 0.717) is 23.3 Å². The van der Waals surface area contributed by atoms with Gasteiger partial charge in [-0.1, -0.05) is 6.92 Å². The number of aromatic nitrogens is 2. The van der Waals surface area contributed by atoms with Crippen LogP contribution < -0.4 is 11.1 Å². The lowest BCUT2D eigenvalue weighted by molar-refractivity contribution is -0.143. The number of benzene rings is 1. The van der Waals surface area contributed by atoms with Crippen molar-refractivity contribution in [2.45, 2.75) is 19.5 Å². The second-order valence-electron chi connectivity index (χ2n) is 4.66. The maximum Gasteiger partial charge on any atom is 0.434 e. The molecule has 0 spiro atoms. The third kappa shape index (κ3) is 3.21. The SMILES string of the molecule is CCCNC(=O)c1cnn(-c2ccc(N)cc2)c1C(F)(F)F.